The zero-order valence-electron chi connectivity index (χ0n) is 15.6. The number of aryl methyl sites for hydroxylation is 1. The second-order valence-electron chi connectivity index (χ2n) is 7.33. The van der Waals surface area contributed by atoms with E-state index in [1.54, 1.807) is 0 Å². The summed E-state index contributed by atoms with van der Waals surface area (Å²) in [5.41, 5.74) is 2.15. The molecule has 2 heterocycles. The van der Waals surface area contributed by atoms with Crippen molar-refractivity contribution in [3.63, 3.8) is 0 Å². The fraction of sp³-hybridized carbons (Fsp3) is 0.550. The van der Waals surface area contributed by atoms with Crippen molar-refractivity contribution in [2.45, 2.75) is 38.8 Å². The maximum Gasteiger partial charge on any atom is 0.191 e. The zero-order valence-corrected chi connectivity index (χ0v) is 18.0. The minimum Gasteiger partial charge on any atom is -0.459 e. The van der Waals surface area contributed by atoms with Crippen LogP contribution in [0.15, 0.2) is 33.7 Å². The van der Waals surface area contributed by atoms with Gasteiger partial charge in [0.05, 0.1) is 6.54 Å². The molecule has 2 N–H and O–H groups in total. The number of nitrogens with one attached hydrogen (secondary N) is 2. The number of nitrogens with zero attached hydrogens (tertiary/aromatic N) is 2. The van der Waals surface area contributed by atoms with Crippen LogP contribution in [-0.2, 0) is 6.54 Å². The molecule has 2 aliphatic rings. The molecule has 1 atom stereocenters. The van der Waals surface area contributed by atoms with E-state index in [0.29, 0.717) is 6.54 Å². The lowest BCUT2D eigenvalue weighted by Crippen LogP contribution is -2.40. The Bertz CT molecular complexity index is 768. The zero-order chi connectivity index (χ0) is 17.2. The van der Waals surface area contributed by atoms with Gasteiger partial charge in [0, 0.05) is 37.1 Å². The second-order valence-corrected chi connectivity index (χ2v) is 7.33. The van der Waals surface area contributed by atoms with Gasteiger partial charge >= 0.3 is 0 Å². The summed E-state index contributed by atoms with van der Waals surface area (Å²) >= 11 is 0. The summed E-state index contributed by atoms with van der Waals surface area (Å²) in [5, 5.41) is 8.06. The minimum absolute atomic E-state index is 0. The smallest absolute Gasteiger partial charge is 0.191 e. The molecule has 1 aromatic heterocycles. The number of benzene rings is 1. The molecule has 1 saturated carbocycles. The number of para-hydroxylation sites is 1. The molecular weight excluding hydrogens is 439 g/mol. The van der Waals surface area contributed by atoms with Crippen LogP contribution in [-0.4, -0.2) is 43.6 Å². The molecule has 0 spiro atoms. The standard InChI is InChI=1S/C20H28N4O.HI/c1-14-17-5-3-4-6-18(17)25-19(14)12-23-20(21-2)22-11-15-9-10-24(13-15)16-7-8-16;/h3-6,15-16H,7-13H2,1-2H3,(H2,21,22,23);1H. The molecule has 2 fully saturated rings. The third-order valence-corrected chi connectivity index (χ3v) is 5.52. The van der Waals surface area contributed by atoms with Gasteiger partial charge in [-0.2, -0.15) is 0 Å². The van der Waals surface area contributed by atoms with Gasteiger partial charge in [0.2, 0.25) is 0 Å². The summed E-state index contributed by atoms with van der Waals surface area (Å²) in [6.07, 6.45) is 4.10. The number of fused-ring (bicyclic) bond motifs is 1. The fourth-order valence-corrected chi connectivity index (χ4v) is 3.82. The van der Waals surface area contributed by atoms with Gasteiger partial charge in [0.1, 0.15) is 11.3 Å². The summed E-state index contributed by atoms with van der Waals surface area (Å²) < 4.78 is 5.97. The highest BCUT2D eigenvalue weighted by Crippen LogP contribution is 2.31. The van der Waals surface area contributed by atoms with Crippen LogP contribution >= 0.6 is 24.0 Å². The first kappa shape index (κ1) is 19.5. The monoisotopic (exact) mass is 468 g/mol. The first-order chi connectivity index (χ1) is 12.2. The fourth-order valence-electron chi connectivity index (χ4n) is 3.82. The lowest BCUT2D eigenvalue weighted by molar-refractivity contribution is 0.314. The third kappa shape index (κ3) is 4.34. The Morgan fingerprint density at radius 2 is 2.04 bits per heavy atom. The number of furan rings is 1. The summed E-state index contributed by atoms with van der Waals surface area (Å²) in [4.78, 5) is 7.01. The van der Waals surface area contributed by atoms with E-state index < -0.39 is 0 Å². The number of aliphatic imine (C=N–C) groups is 1. The van der Waals surface area contributed by atoms with Crippen molar-refractivity contribution >= 4 is 40.9 Å². The van der Waals surface area contributed by atoms with E-state index in [9.17, 15) is 0 Å². The van der Waals surface area contributed by atoms with Crippen molar-refractivity contribution in [2.24, 2.45) is 10.9 Å². The first-order valence-corrected chi connectivity index (χ1v) is 9.40. The predicted octanol–water partition coefficient (Wildman–Crippen LogP) is 3.51. The molecule has 1 unspecified atom stereocenters. The van der Waals surface area contributed by atoms with E-state index in [1.807, 2.05) is 19.2 Å². The van der Waals surface area contributed by atoms with Crippen LogP contribution in [0.2, 0.25) is 0 Å². The molecule has 2 aromatic rings. The van der Waals surface area contributed by atoms with Crippen molar-refractivity contribution in [2.75, 3.05) is 26.7 Å². The van der Waals surface area contributed by atoms with Crippen molar-refractivity contribution in [1.29, 1.82) is 0 Å². The molecule has 4 rings (SSSR count). The average molecular weight is 468 g/mol. The van der Waals surface area contributed by atoms with Gasteiger partial charge in [-0.3, -0.25) is 4.99 Å². The SMILES string of the molecule is CN=C(NCc1oc2ccccc2c1C)NCC1CCN(C2CC2)C1.I. The summed E-state index contributed by atoms with van der Waals surface area (Å²) in [6, 6.07) is 9.07. The molecule has 1 saturated heterocycles. The van der Waals surface area contributed by atoms with Crippen LogP contribution < -0.4 is 10.6 Å². The molecular formula is C20H29IN4O. The summed E-state index contributed by atoms with van der Waals surface area (Å²) in [7, 11) is 1.83. The van der Waals surface area contributed by atoms with Crippen molar-refractivity contribution in [1.82, 2.24) is 15.5 Å². The van der Waals surface area contributed by atoms with Gasteiger partial charge in [-0.05, 0) is 44.7 Å². The Morgan fingerprint density at radius 1 is 1.23 bits per heavy atom. The Kier molecular flexibility index (Phi) is 6.45. The van der Waals surface area contributed by atoms with Gasteiger partial charge in [0.25, 0.3) is 0 Å². The maximum absolute atomic E-state index is 5.97. The first-order valence-electron chi connectivity index (χ1n) is 9.40. The van der Waals surface area contributed by atoms with Crippen LogP contribution in [0.5, 0.6) is 0 Å². The van der Waals surface area contributed by atoms with Crippen molar-refractivity contribution in [3.8, 4) is 0 Å². The van der Waals surface area contributed by atoms with Gasteiger partial charge in [-0.1, -0.05) is 18.2 Å². The number of likely N-dealkylation sites (tertiary alicyclic amines) is 1. The molecule has 5 nitrogen and oxygen atoms in total. The topological polar surface area (TPSA) is 52.8 Å². The molecule has 0 bridgehead atoms. The Labute approximate surface area is 172 Å². The summed E-state index contributed by atoms with van der Waals surface area (Å²) in [5.74, 6) is 2.56. The second kappa shape index (κ2) is 8.61. The number of hydrogen-bond acceptors (Lipinski definition) is 3. The summed E-state index contributed by atoms with van der Waals surface area (Å²) in [6.45, 7) is 6.25. The number of rotatable bonds is 5. The average Bonchev–Trinajstić information content (AvgIpc) is 3.30. The molecule has 26 heavy (non-hydrogen) atoms. The Balaban J connectivity index is 0.00000196. The third-order valence-electron chi connectivity index (χ3n) is 5.52. The predicted molar refractivity (Wildman–Crippen MR) is 117 cm³/mol. The van der Waals surface area contributed by atoms with E-state index >= 15 is 0 Å². The highest BCUT2D eigenvalue weighted by Gasteiger charge is 2.34. The molecule has 0 radical (unpaired) electrons. The molecule has 6 heteroatoms. The van der Waals surface area contributed by atoms with E-state index in [0.717, 1.165) is 35.8 Å². The van der Waals surface area contributed by atoms with Crippen LogP contribution in [0.25, 0.3) is 11.0 Å². The Hall–Kier alpha value is -1.28. The van der Waals surface area contributed by atoms with E-state index in [4.69, 9.17) is 4.42 Å². The van der Waals surface area contributed by atoms with Crippen LogP contribution in [0.3, 0.4) is 0 Å². The quantitative estimate of drug-likeness (QED) is 0.401. The lowest BCUT2D eigenvalue weighted by Gasteiger charge is -2.17. The van der Waals surface area contributed by atoms with Gasteiger partial charge < -0.3 is 20.0 Å². The number of hydrogen-bond donors (Lipinski definition) is 2. The van der Waals surface area contributed by atoms with E-state index in [1.165, 1.54) is 43.3 Å². The van der Waals surface area contributed by atoms with Crippen molar-refractivity contribution in [3.05, 3.63) is 35.6 Å². The molecule has 142 valence electrons. The molecule has 1 aliphatic carbocycles. The highest BCUT2D eigenvalue weighted by molar-refractivity contribution is 14.0. The van der Waals surface area contributed by atoms with Crippen LogP contribution in [0.4, 0.5) is 0 Å². The van der Waals surface area contributed by atoms with Gasteiger partial charge in [-0.25, -0.2) is 0 Å². The maximum atomic E-state index is 5.97. The largest absolute Gasteiger partial charge is 0.459 e. The molecule has 1 aliphatic heterocycles. The number of guanidine groups is 1. The molecule has 1 aromatic carbocycles. The normalized spacial score (nSPS) is 21.0. The van der Waals surface area contributed by atoms with Crippen molar-refractivity contribution < 1.29 is 4.42 Å². The van der Waals surface area contributed by atoms with Gasteiger partial charge in [0.15, 0.2) is 5.96 Å². The van der Waals surface area contributed by atoms with E-state index in [-0.39, 0.29) is 24.0 Å². The number of halogens is 1. The Morgan fingerprint density at radius 3 is 2.77 bits per heavy atom. The van der Waals surface area contributed by atoms with E-state index in [2.05, 4.69) is 39.6 Å². The molecule has 0 amide bonds. The lowest BCUT2D eigenvalue weighted by atomic mass is 10.1. The highest BCUT2D eigenvalue weighted by atomic mass is 127. The van der Waals surface area contributed by atoms with Crippen LogP contribution in [0.1, 0.15) is 30.6 Å². The minimum atomic E-state index is 0. The van der Waals surface area contributed by atoms with Gasteiger partial charge in [-0.15, -0.1) is 24.0 Å². The van der Waals surface area contributed by atoms with Crippen LogP contribution in [0, 0.1) is 12.8 Å².